The molecule has 3 heteroatoms. The van der Waals surface area contributed by atoms with Crippen molar-refractivity contribution in [2.45, 2.75) is 57.1 Å². The predicted molar refractivity (Wildman–Crippen MR) is 78.6 cm³/mol. The maximum Gasteiger partial charge on any atom is 0.123 e. The molecule has 0 amide bonds. The third-order valence-electron chi connectivity index (χ3n) is 4.80. The van der Waals surface area contributed by atoms with Gasteiger partial charge in [0.25, 0.3) is 0 Å². The molecule has 1 aliphatic heterocycles. The van der Waals surface area contributed by atoms with E-state index in [0.29, 0.717) is 6.04 Å². The fraction of sp³-hybridized carbons (Fsp3) is 0.647. The van der Waals surface area contributed by atoms with E-state index in [1.807, 2.05) is 0 Å². The van der Waals surface area contributed by atoms with Crippen LogP contribution in [-0.2, 0) is 6.42 Å². The third-order valence-corrected chi connectivity index (χ3v) is 4.80. The number of halogens is 1. The predicted octanol–water partition coefficient (Wildman–Crippen LogP) is 3.69. The molecule has 0 spiro atoms. The first-order chi connectivity index (χ1) is 9.74. The highest BCUT2D eigenvalue weighted by molar-refractivity contribution is 5.37. The molecule has 1 fully saturated rings. The summed E-state index contributed by atoms with van der Waals surface area (Å²) in [5.41, 5.74) is 1.04. The molecule has 0 saturated heterocycles. The van der Waals surface area contributed by atoms with Crippen molar-refractivity contribution in [2.24, 2.45) is 5.92 Å². The maximum atomic E-state index is 13.2. The second-order valence-electron chi connectivity index (χ2n) is 6.30. The van der Waals surface area contributed by atoms with E-state index >= 15 is 0 Å². The molecule has 1 aliphatic carbocycles. The van der Waals surface area contributed by atoms with Crippen LogP contribution in [0, 0.1) is 11.7 Å². The van der Waals surface area contributed by atoms with E-state index in [2.05, 4.69) is 12.4 Å². The summed E-state index contributed by atoms with van der Waals surface area (Å²) >= 11 is 0. The topological polar surface area (TPSA) is 21.3 Å². The largest absolute Gasteiger partial charge is 0.490 e. The Kier molecular flexibility index (Phi) is 4.25. The average molecular weight is 277 g/mol. The highest BCUT2D eigenvalue weighted by atomic mass is 19.1. The molecule has 3 rings (SSSR count). The molecule has 20 heavy (non-hydrogen) atoms. The first kappa shape index (κ1) is 13.9. The van der Waals surface area contributed by atoms with Gasteiger partial charge in [-0.2, -0.15) is 0 Å². The summed E-state index contributed by atoms with van der Waals surface area (Å²) in [6.07, 6.45) is 8.74. The average Bonchev–Trinajstić information content (AvgIpc) is 2.67. The second-order valence-corrected chi connectivity index (χ2v) is 6.30. The van der Waals surface area contributed by atoms with Crippen molar-refractivity contribution in [1.29, 1.82) is 0 Å². The molecule has 1 saturated carbocycles. The zero-order valence-corrected chi connectivity index (χ0v) is 12.2. The standard InChI is InChI=1S/C17H24FNO/c1-19-15-5-3-2-4-12(8-15)9-16-11-13-10-14(18)6-7-17(13)20-16/h6-7,10,12,15-16,19H,2-5,8-9,11H2,1H3. The minimum absolute atomic E-state index is 0.155. The van der Waals surface area contributed by atoms with Crippen molar-refractivity contribution in [2.75, 3.05) is 7.05 Å². The van der Waals surface area contributed by atoms with Gasteiger partial charge >= 0.3 is 0 Å². The van der Waals surface area contributed by atoms with Gasteiger partial charge < -0.3 is 10.1 Å². The minimum atomic E-state index is -0.155. The Morgan fingerprint density at radius 3 is 3.00 bits per heavy atom. The van der Waals surface area contributed by atoms with Crippen molar-refractivity contribution in [3.8, 4) is 5.75 Å². The quantitative estimate of drug-likeness (QED) is 0.851. The Morgan fingerprint density at radius 1 is 1.30 bits per heavy atom. The van der Waals surface area contributed by atoms with Crippen LogP contribution in [0.1, 0.15) is 44.1 Å². The van der Waals surface area contributed by atoms with E-state index in [4.69, 9.17) is 4.74 Å². The van der Waals surface area contributed by atoms with Crippen molar-refractivity contribution < 1.29 is 9.13 Å². The summed E-state index contributed by atoms with van der Waals surface area (Å²) < 4.78 is 19.2. The SMILES string of the molecule is CNC1CCCCC(CC2Cc3cc(F)ccc3O2)C1. The van der Waals surface area contributed by atoms with Crippen LogP contribution in [0.3, 0.4) is 0 Å². The van der Waals surface area contributed by atoms with Gasteiger partial charge in [0.05, 0.1) is 0 Å². The minimum Gasteiger partial charge on any atom is -0.490 e. The zero-order chi connectivity index (χ0) is 13.9. The van der Waals surface area contributed by atoms with Crippen LogP contribution in [-0.4, -0.2) is 19.2 Å². The number of nitrogens with one attached hydrogen (secondary N) is 1. The summed E-state index contributed by atoms with van der Waals surface area (Å²) in [5, 5.41) is 3.43. The van der Waals surface area contributed by atoms with Crippen molar-refractivity contribution >= 4 is 0 Å². The van der Waals surface area contributed by atoms with Crippen molar-refractivity contribution in [3.63, 3.8) is 0 Å². The highest BCUT2D eigenvalue weighted by Gasteiger charge is 2.28. The Bertz CT molecular complexity index is 462. The van der Waals surface area contributed by atoms with Crippen LogP contribution in [0.15, 0.2) is 18.2 Å². The zero-order valence-electron chi connectivity index (χ0n) is 12.2. The normalized spacial score (nSPS) is 29.6. The van der Waals surface area contributed by atoms with Gasteiger partial charge in [-0.3, -0.25) is 0 Å². The lowest BCUT2D eigenvalue weighted by Crippen LogP contribution is -2.28. The lowest BCUT2D eigenvalue weighted by atomic mass is 9.91. The van der Waals surface area contributed by atoms with Crippen LogP contribution >= 0.6 is 0 Å². The van der Waals surface area contributed by atoms with Crippen molar-refractivity contribution in [3.05, 3.63) is 29.6 Å². The highest BCUT2D eigenvalue weighted by Crippen LogP contribution is 2.34. The van der Waals surface area contributed by atoms with Crippen LogP contribution in [0.5, 0.6) is 5.75 Å². The number of rotatable bonds is 3. The molecule has 1 aromatic rings. The van der Waals surface area contributed by atoms with Gasteiger partial charge in [-0.1, -0.05) is 19.3 Å². The molecule has 2 aliphatic rings. The van der Waals surface area contributed by atoms with Gasteiger partial charge in [0, 0.05) is 18.0 Å². The van der Waals surface area contributed by atoms with Gasteiger partial charge in [0.15, 0.2) is 0 Å². The molecule has 1 aromatic carbocycles. The number of hydrogen-bond acceptors (Lipinski definition) is 2. The lowest BCUT2D eigenvalue weighted by Gasteiger charge is -2.22. The Labute approximate surface area is 120 Å². The van der Waals surface area contributed by atoms with Gasteiger partial charge in [-0.15, -0.1) is 0 Å². The third kappa shape index (κ3) is 3.14. The van der Waals surface area contributed by atoms with Crippen LogP contribution < -0.4 is 10.1 Å². The molecule has 0 bridgehead atoms. The van der Waals surface area contributed by atoms with E-state index in [0.717, 1.165) is 30.1 Å². The summed E-state index contributed by atoms with van der Waals surface area (Å²) in [6.45, 7) is 0. The molecule has 1 heterocycles. The summed E-state index contributed by atoms with van der Waals surface area (Å²) in [4.78, 5) is 0. The van der Waals surface area contributed by atoms with E-state index < -0.39 is 0 Å². The number of ether oxygens (including phenoxy) is 1. The summed E-state index contributed by atoms with van der Waals surface area (Å²) in [6, 6.07) is 5.54. The number of benzene rings is 1. The Morgan fingerprint density at radius 2 is 2.15 bits per heavy atom. The van der Waals surface area contributed by atoms with Gasteiger partial charge in [-0.25, -0.2) is 4.39 Å². The molecule has 0 radical (unpaired) electrons. The van der Waals surface area contributed by atoms with Crippen molar-refractivity contribution in [1.82, 2.24) is 5.32 Å². The monoisotopic (exact) mass is 277 g/mol. The Balaban J connectivity index is 1.59. The second kappa shape index (κ2) is 6.13. The van der Waals surface area contributed by atoms with E-state index in [9.17, 15) is 4.39 Å². The van der Waals surface area contributed by atoms with Gasteiger partial charge in [0.1, 0.15) is 17.7 Å². The smallest absolute Gasteiger partial charge is 0.123 e. The summed E-state index contributed by atoms with van der Waals surface area (Å²) in [7, 11) is 2.07. The molecule has 3 unspecified atom stereocenters. The fourth-order valence-corrected chi connectivity index (χ4v) is 3.73. The molecule has 1 N–H and O–H groups in total. The first-order valence-corrected chi connectivity index (χ1v) is 7.87. The molecule has 110 valence electrons. The Hall–Kier alpha value is -1.09. The van der Waals surface area contributed by atoms with Crippen LogP contribution in [0.25, 0.3) is 0 Å². The van der Waals surface area contributed by atoms with Crippen LogP contribution in [0.4, 0.5) is 4.39 Å². The van der Waals surface area contributed by atoms with Gasteiger partial charge in [-0.05, 0) is 50.4 Å². The molecule has 0 aromatic heterocycles. The van der Waals surface area contributed by atoms with Crippen LogP contribution in [0.2, 0.25) is 0 Å². The van der Waals surface area contributed by atoms with E-state index in [-0.39, 0.29) is 11.9 Å². The van der Waals surface area contributed by atoms with E-state index in [1.165, 1.54) is 38.2 Å². The maximum absolute atomic E-state index is 13.2. The molecular formula is C17H24FNO. The molecule has 3 atom stereocenters. The lowest BCUT2D eigenvalue weighted by molar-refractivity contribution is 0.183. The van der Waals surface area contributed by atoms with E-state index in [1.54, 1.807) is 12.1 Å². The van der Waals surface area contributed by atoms with Gasteiger partial charge in [0.2, 0.25) is 0 Å². The molecule has 2 nitrogen and oxygen atoms in total. The number of fused-ring (bicyclic) bond motifs is 1. The molecular weight excluding hydrogens is 253 g/mol. The fourth-order valence-electron chi connectivity index (χ4n) is 3.73. The summed E-state index contributed by atoms with van der Waals surface area (Å²) in [5.74, 6) is 1.46. The number of hydrogen-bond donors (Lipinski definition) is 1. The first-order valence-electron chi connectivity index (χ1n) is 7.87.